The second-order valence-electron chi connectivity index (χ2n) is 24.5. The molecule has 0 spiro atoms. The van der Waals surface area contributed by atoms with E-state index in [9.17, 15) is 19.5 Å². The number of aliphatic carboxylic acids is 1. The largest absolute Gasteiger partial charge is 0.477 e. The summed E-state index contributed by atoms with van der Waals surface area (Å²) in [5.41, 5.74) is 0. The predicted octanol–water partition coefficient (Wildman–Crippen LogP) is 21.8. The van der Waals surface area contributed by atoms with Crippen molar-refractivity contribution in [3.8, 4) is 0 Å². The van der Waals surface area contributed by atoms with E-state index < -0.39 is 24.3 Å². The van der Waals surface area contributed by atoms with E-state index in [1.54, 1.807) is 0 Å². The van der Waals surface area contributed by atoms with E-state index >= 15 is 0 Å². The van der Waals surface area contributed by atoms with Crippen LogP contribution in [0.25, 0.3) is 0 Å². The molecule has 0 aromatic heterocycles. The fourth-order valence-electron chi connectivity index (χ4n) is 9.67. The highest BCUT2D eigenvalue weighted by atomic mass is 16.7. The van der Waals surface area contributed by atoms with Crippen molar-refractivity contribution in [1.82, 2.24) is 0 Å². The Balaban J connectivity index is 4.08. The monoisotopic (exact) mass is 1190 g/mol. The number of rotatable bonds is 64. The van der Waals surface area contributed by atoms with Crippen LogP contribution in [0.15, 0.2) is 109 Å². The fraction of sp³-hybridized carbons (Fsp3) is 0.724. The Kier molecular flexibility index (Phi) is 62.8. The van der Waals surface area contributed by atoms with Gasteiger partial charge in [-0.05, 0) is 103 Å². The molecule has 9 nitrogen and oxygen atoms in total. The molecule has 0 aliphatic rings. The van der Waals surface area contributed by atoms with Gasteiger partial charge in [-0.2, -0.15) is 0 Å². The van der Waals surface area contributed by atoms with Crippen molar-refractivity contribution in [1.29, 1.82) is 0 Å². The van der Waals surface area contributed by atoms with Crippen molar-refractivity contribution in [2.24, 2.45) is 0 Å². The van der Waals surface area contributed by atoms with Crippen LogP contribution in [-0.2, 0) is 33.3 Å². The standard InChI is InChI=1S/C76H131NO8/c1-6-8-10-12-14-16-18-20-22-24-26-28-30-31-32-33-34-35-36-37-38-39-40-41-42-43-45-46-48-50-52-54-56-58-60-62-64-66-73(78)83-70-72(71-84-76(75(80)81)82-69-68-77(3,4)5)85-74(79)67-65-63-61-59-57-55-53-51-49-47-44-29-27-25-23-21-19-17-15-13-11-9-7-2/h9,11,15,17-18,20-21,23-24,26-27,29-31,47,49,53,55,72,76H,6-8,10,12-14,16,19,22,25,28,32-46,48,50-52,54,56-71H2,1-5H3/p+1/b11-9-,17-15-,20-18-,23-21-,26-24-,29-27-,31-30-,49-47-,55-53-. The van der Waals surface area contributed by atoms with Crippen LogP contribution in [0.4, 0.5) is 0 Å². The fourth-order valence-corrected chi connectivity index (χ4v) is 9.67. The van der Waals surface area contributed by atoms with Crippen LogP contribution in [0, 0.1) is 0 Å². The van der Waals surface area contributed by atoms with Crippen molar-refractivity contribution in [2.75, 3.05) is 47.5 Å². The minimum absolute atomic E-state index is 0.178. The Morgan fingerprint density at radius 3 is 1.00 bits per heavy atom. The molecule has 0 saturated carbocycles. The van der Waals surface area contributed by atoms with Crippen LogP contribution in [0.1, 0.15) is 296 Å². The number of esters is 2. The third-order valence-electron chi connectivity index (χ3n) is 15.0. The Labute approximate surface area is 524 Å². The number of carboxylic acids is 1. The lowest BCUT2D eigenvalue weighted by Gasteiger charge is -2.25. The summed E-state index contributed by atoms with van der Waals surface area (Å²) in [5.74, 6) is -2.04. The second kappa shape index (κ2) is 65.9. The van der Waals surface area contributed by atoms with Crippen LogP contribution in [0.5, 0.6) is 0 Å². The Bertz CT molecular complexity index is 1760. The van der Waals surface area contributed by atoms with Crippen molar-refractivity contribution in [3.05, 3.63) is 109 Å². The summed E-state index contributed by atoms with van der Waals surface area (Å²) in [6.07, 6.45) is 89.3. The molecule has 0 radical (unpaired) electrons. The molecule has 0 heterocycles. The summed E-state index contributed by atoms with van der Waals surface area (Å²) in [6.45, 7) is 4.74. The number of ether oxygens (including phenoxy) is 4. The SMILES string of the molecule is CC/C=C\C/C=C\C/C=C\C/C=C\C/C=C\C/C=C\CCCCCCC(=O)OC(COC(=O)CCCCCCCCCCCCCCCCCCCCCCCC/C=C\C/C=C\C/C=C\CCCCCCC)COC(OCC[N+](C)(C)C)C(=O)O. The van der Waals surface area contributed by atoms with Gasteiger partial charge in [0.2, 0.25) is 0 Å². The molecule has 0 amide bonds. The highest BCUT2D eigenvalue weighted by Crippen LogP contribution is 2.17. The molecule has 0 aliphatic heterocycles. The molecule has 0 aromatic carbocycles. The summed E-state index contributed by atoms with van der Waals surface area (Å²) in [7, 11) is 5.96. The smallest absolute Gasteiger partial charge is 0.361 e. The van der Waals surface area contributed by atoms with E-state index in [0.717, 1.165) is 96.3 Å². The third kappa shape index (κ3) is 67.3. The zero-order chi connectivity index (χ0) is 61.9. The number of allylic oxidation sites excluding steroid dienone is 18. The van der Waals surface area contributed by atoms with Gasteiger partial charge in [0.1, 0.15) is 13.2 Å². The maximum atomic E-state index is 12.9. The molecule has 0 aliphatic carbocycles. The quantitative estimate of drug-likeness (QED) is 0.0211. The van der Waals surface area contributed by atoms with E-state index in [1.165, 1.54) is 167 Å². The number of unbranched alkanes of at least 4 members (excludes halogenated alkanes) is 31. The predicted molar refractivity (Wildman–Crippen MR) is 364 cm³/mol. The number of carboxylic acid groups (broad SMARTS) is 1. The lowest BCUT2D eigenvalue weighted by atomic mass is 10.0. The number of carbonyl (C=O) groups excluding carboxylic acids is 2. The van der Waals surface area contributed by atoms with Crippen LogP contribution in [0.3, 0.4) is 0 Å². The molecule has 488 valence electrons. The van der Waals surface area contributed by atoms with Crippen molar-refractivity contribution in [2.45, 2.75) is 309 Å². The molecule has 1 N–H and O–H groups in total. The summed E-state index contributed by atoms with van der Waals surface area (Å²) in [6, 6.07) is 0. The molecule has 0 rings (SSSR count). The summed E-state index contributed by atoms with van der Waals surface area (Å²) in [5, 5.41) is 9.74. The number of nitrogens with zero attached hydrogens (tertiary/aromatic N) is 1. The van der Waals surface area contributed by atoms with Gasteiger partial charge in [0.15, 0.2) is 6.10 Å². The number of carbonyl (C=O) groups is 3. The van der Waals surface area contributed by atoms with Crippen molar-refractivity contribution < 1.29 is 42.9 Å². The Morgan fingerprint density at radius 2 is 0.671 bits per heavy atom. The number of likely N-dealkylation sites (N-methyl/N-ethyl adjacent to an activating group) is 1. The third-order valence-corrected chi connectivity index (χ3v) is 15.0. The van der Waals surface area contributed by atoms with Gasteiger partial charge in [-0.3, -0.25) is 9.59 Å². The average Bonchev–Trinajstić information content (AvgIpc) is 3.49. The van der Waals surface area contributed by atoms with Crippen LogP contribution in [0.2, 0.25) is 0 Å². The number of hydrogen-bond acceptors (Lipinski definition) is 7. The molecule has 0 bridgehead atoms. The maximum Gasteiger partial charge on any atom is 0.361 e. The first kappa shape index (κ1) is 81.0. The lowest BCUT2D eigenvalue weighted by molar-refractivity contribution is -0.870. The average molecular weight is 1190 g/mol. The molecular formula is C76H132NO8+. The molecule has 0 fully saturated rings. The zero-order valence-electron chi connectivity index (χ0n) is 55.7. The Hall–Kier alpha value is -4.05. The van der Waals surface area contributed by atoms with E-state index in [-0.39, 0.29) is 32.2 Å². The molecular weight excluding hydrogens is 1050 g/mol. The summed E-state index contributed by atoms with van der Waals surface area (Å²) < 4.78 is 22.9. The molecule has 85 heavy (non-hydrogen) atoms. The highest BCUT2D eigenvalue weighted by Gasteiger charge is 2.25. The van der Waals surface area contributed by atoms with Gasteiger partial charge in [0, 0.05) is 12.8 Å². The van der Waals surface area contributed by atoms with Gasteiger partial charge in [0.25, 0.3) is 6.29 Å². The van der Waals surface area contributed by atoms with Gasteiger partial charge < -0.3 is 28.5 Å². The first-order valence-electron chi connectivity index (χ1n) is 35.1. The number of quaternary nitrogens is 1. The normalized spacial score (nSPS) is 13.4. The van der Waals surface area contributed by atoms with E-state index in [2.05, 4.69) is 123 Å². The molecule has 0 saturated heterocycles. The van der Waals surface area contributed by atoms with Crippen molar-refractivity contribution >= 4 is 17.9 Å². The first-order valence-corrected chi connectivity index (χ1v) is 35.1. The van der Waals surface area contributed by atoms with Gasteiger partial charge in [-0.1, -0.05) is 290 Å². The van der Waals surface area contributed by atoms with Crippen LogP contribution in [-0.4, -0.2) is 87.4 Å². The maximum absolute atomic E-state index is 12.9. The van der Waals surface area contributed by atoms with E-state index in [1.807, 2.05) is 21.1 Å². The van der Waals surface area contributed by atoms with Crippen LogP contribution >= 0.6 is 0 Å². The molecule has 9 heteroatoms. The second-order valence-corrected chi connectivity index (χ2v) is 24.5. The van der Waals surface area contributed by atoms with Crippen molar-refractivity contribution in [3.63, 3.8) is 0 Å². The Morgan fingerprint density at radius 1 is 0.365 bits per heavy atom. The lowest BCUT2D eigenvalue weighted by Crippen LogP contribution is -2.40. The first-order chi connectivity index (χ1) is 41.6. The summed E-state index contributed by atoms with van der Waals surface area (Å²) >= 11 is 0. The molecule has 0 aromatic rings. The topological polar surface area (TPSA) is 108 Å². The highest BCUT2D eigenvalue weighted by molar-refractivity contribution is 5.71. The summed E-state index contributed by atoms with van der Waals surface area (Å²) in [4.78, 5) is 37.6. The van der Waals surface area contributed by atoms with Gasteiger partial charge >= 0.3 is 17.9 Å². The minimum atomic E-state index is -1.52. The molecule has 2 unspecified atom stereocenters. The zero-order valence-corrected chi connectivity index (χ0v) is 55.7. The van der Waals surface area contributed by atoms with Gasteiger partial charge in [-0.15, -0.1) is 0 Å². The minimum Gasteiger partial charge on any atom is -0.477 e. The van der Waals surface area contributed by atoms with E-state index in [0.29, 0.717) is 23.9 Å². The van der Waals surface area contributed by atoms with E-state index in [4.69, 9.17) is 18.9 Å². The van der Waals surface area contributed by atoms with Gasteiger partial charge in [-0.25, -0.2) is 4.79 Å². The van der Waals surface area contributed by atoms with Gasteiger partial charge in [0.05, 0.1) is 34.4 Å². The molecule has 2 atom stereocenters. The van der Waals surface area contributed by atoms with Crippen LogP contribution < -0.4 is 0 Å². The number of hydrogen-bond donors (Lipinski definition) is 1.